The zero-order valence-electron chi connectivity index (χ0n) is 15.8. The highest BCUT2D eigenvalue weighted by Gasteiger charge is 2.13. The summed E-state index contributed by atoms with van der Waals surface area (Å²) in [5.74, 6) is -0.102. The molecule has 156 valence electrons. The van der Waals surface area contributed by atoms with Crippen LogP contribution in [-0.4, -0.2) is 5.91 Å². The standard InChI is InChI=1S/C23H14BrCl3N2O2/c24-17-6-8-22(31-13-14-5-7-18(25)11-20(14)27)15(10-17)9-16(12-28)23(30)29-21-4-2-1-3-19(21)26/h1-11H,13H2,(H,29,30)/b16-9+. The van der Waals surface area contributed by atoms with Crippen LogP contribution in [0.25, 0.3) is 6.08 Å². The quantitative estimate of drug-likeness (QED) is 0.262. The van der Waals surface area contributed by atoms with Gasteiger partial charge in [-0.1, -0.05) is 68.9 Å². The Morgan fingerprint density at radius 2 is 1.84 bits per heavy atom. The van der Waals surface area contributed by atoms with Gasteiger partial charge in [0.2, 0.25) is 0 Å². The number of nitriles is 1. The van der Waals surface area contributed by atoms with Gasteiger partial charge in [0.15, 0.2) is 0 Å². The molecule has 3 rings (SSSR count). The Labute approximate surface area is 203 Å². The Bertz CT molecular complexity index is 1210. The van der Waals surface area contributed by atoms with E-state index in [1.54, 1.807) is 60.7 Å². The molecule has 0 aromatic heterocycles. The van der Waals surface area contributed by atoms with E-state index in [-0.39, 0.29) is 12.2 Å². The molecule has 0 fully saturated rings. The zero-order valence-corrected chi connectivity index (χ0v) is 19.7. The van der Waals surface area contributed by atoms with E-state index in [0.717, 1.165) is 10.0 Å². The summed E-state index contributed by atoms with van der Waals surface area (Å²) in [7, 11) is 0. The first-order valence-corrected chi connectivity index (χ1v) is 10.8. The topological polar surface area (TPSA) is 62.1 Å². The van der Waals surface area contributed by atoms with Crippen LogP contribution in [0.2, 0.25) is 15.1 Å². The van der Waals surface area contributed by atoms with Crippen molar-refractivity contribution in [3.8, 4) is 11.8 Å². The van der Waals surface area contributed by atoms with Gasteiger partial charge in [0, 0.05) is 25.6 Å². The van der Waals surface area contributed by atoms with Crippen molar-refractivity contribution in [2.24, 2.45) is 0 Å². The summed E-state index contributed by atoms with van der Waals surface area (Å²) in [5, 5.41) is 13.6. The second-order valence-electron chi connectivity index (χ2n) is 6.31. The molecule has 3 aromatic rings. The van der Waals surface area contributed by atoms with E-state index in [2.05, 4.69) is 21.2 Å². The number of hydrogen-bond donors (Lipinski definition) is 1. The van der Waals surface area contributed by atoms with Crippen LogP contribution in [0.3, 0.4) is 0 Å². The SMILES string of the molecule is N#C/C(=C\c1cc(Br)ccc1OCc1ccc(Cl)cc1Cl)C(=O)Nc1ccccc1Cl. The number of nitrogens with zero attached hydrogens (tertiary/aromatic N) is 1. The highest BCUT2D eigenvalue weighted by molar-refractivity contribution is 9.10. The van der Waals surface area contributed by atoms with Crippen molar-refractivity contribution in [3.63, 3.8) is 0 Å². The molecule has 0 atom stereocenters. The second-order valence-corrected chi connectivity index (χ2v) is 8.48. The monoisotopic (exact) mass is 534 g/mol. The predicted octanol–water partition coefficient (Wildman–Crippen LogP) is 7.53. The second kappa shape index (κ2) is 10.7. The zero-order chi connectivity index (χ0) is 22.4. The number of benzene rings is 3. The first-order chi connectivity index (χ1) is 14.9. The molecule has 0 bridgehead atoms. The molecule has 8 heteroatoms. The molecule has 0 aliphatic carbocycles. The maximum absolute atomic E-state index is 12.6. The lowest BCUT2D eigenvalue weighted by Crippen LogP contribution is -2.13. The van der Waals surface area contributed by atoms with Gasteiger partial charge in [-0.2, -0.15) is 5.26 Å². The number of ether oxygens (including phenoxy) is 1. The highest BCUT2D eigenvalue weighted by atomic mass is 79.9. The Morgan fingerprint density at radius 3 is 2.55 bits per heavy atom. The van der Waals surface area contributed by atoms with Crippen molar-refractivity contribution in [2.45, 2.75) is 6.61 Å². The summed E-state index contributed by atoms with van der Waals surface area (Å²) in [4.78, 5) is 12.6. The smallest absolute Gasteiger partial charge is 0.266 e. The molecular weight excluding hydrogens is 523 g/mol. The van der Waals surface area contributed by atoms with Crippen molar-refractivity contribution in [2.75, 3.05) is 5.32 Å². The minimum absolute atomic E-state index is 0.104. The summed E-state index contributed by atoms with van der Waals surface area (Å²) in [6.07, 6.45) is 1.45. The number of halogens is 4. The van der Waals surface area contributed by atoms with Gasteiger partial charge in [-0.3, -0.25) is 4.79 Å². The molecule has 0 saturated heterocycles. The molecular formula is C23H14BrCl3N2O2. The lowest BCUT2D eigenvalue weighted by Gasteiger charge is -2.12. The first kappa shape index (κ1) is 23.2. The lowest BCUT2D eigenvalue weighted by atomic mass is 10.1. The molecule has 0 unspecified atom stereocenters. The molecule has 1 N–H and O–H groups in total. The first-order valence-electron chi connectivity index (χ1n) is 8.91. The number of rotatable bonds is 6. The minimum atomic E-state index is -0.581. The summed E-state index contributed by atoms with van der Waals surface area (Å²) in [6.45, 7) is 0.187. The fourth-order valence-electron chi connectivity index (χ4n) is 2.61. The summed E-state index contributed by atoms with van der Waals surface area (Å²) >= 11 is 21.6. The number of anilines is 1. The van der Waals surface area contributed by atoms with Gasteiger partial charge in [-0.05, 0) is 48.5 Å². The third-order valence-corrected chi connectivity index (χ3v) is 5.57. The van der Waals surface area contributed by atoms with Gasteiger partial charge in [0.05, 0.1) is 10.7 Å². The van der Waals surface area contributed by atoms with Crippen LogP contribution < -0.4 is 10.1 Å². The Balaban J connectivity index is 1.85. The van der Waals surface area contributed by atoms with Gasteiger partial charge >= 0.3 is 0 Å². The molecule has 0 saturated carbocycles. The summed E-state index contributed by atoms with van der Waals surface area (Å²) in [5.41, 5.74) is 1.61. The molecule has 1 amide bonds. The van der Waals surface area contributed by atoms with E-state index in [9.17, 15) is 10.1 Å². The fourth-order valence-corrected chi connectivity index (χ4v) is 3.64. The average molecular weight is 537 g/mol. The maximum Gasteiger partial charge on any atom is 0.266 e. The van der Waals surface area contributed by atoms with E-state index < -0.39 is 5.91 Å². The van der Waals surface area contributed by atoms with Gasteiger partial charge in [0.25, 0.3) is 5.91 Å². The average Bonchev–Trinajstić information content (AvgIpc) is 2.74. The van der Waals surface area contributed by atoms with Crippen LogP contribution >= 0.6 is 50.7 Å². The van der Waals surface area contributed by atoms with E-state index in [0.29, 0.717) is 32.1 Å². The molecule has 31 heavy (non-hydrogen) atoms. The number of amides is 1. The van der Waals surface area contributed by atoms with Crippen LogP contribution in [0.1, 0.15) is 11.1 Å². The summed E-state index contributed by atoms with van der Waals surface area (Å²) < 4.78 is 6.67. The predicted molar refractivity (Wildman–Crippen MR) is 129 cm³/mol. The van der Waals surface area contributed by atoms with Crippen molar-refractivity contribution >= 4 is 68.4 Å². The minimum Gasteiger partial charge on any atom is -0.488 e. The molecule has 0 heterocycles. The van der Waals surface area contributed by atoms with Gasteiger partial charge in [-0.25, -0.2) is 0 Å². The number of para-hydroxylation sites is 1. The van der Waals surface area contributed by atoms with E-state index in [1.165, 1.54) is 6.08 Å². The van der Waals surface area contributed by atoms with Crippen molar-refractivity contribution < 1.29 is 9.53 Å². The van der Waals surface area contributed by atoms with Gasteiger partial charge in [0.1, 0.15) is 24.0 Å². The molecule has 0 spiro atoms. The largest absolute Gasteiger partial charge is 0.488 e. The lowest BCUT2D eigenvalue weighted by molar-refractivity contribution is -0.112. The number of carbonyl (C=O) groups excluding carboxylic acids is 1. The maximum atomic E-state index is 12.6. The number of carbonyl (C=O) groups is 1. The van der Waals surface area contributed by atoms with Crippen LogP contribution in [0.5, 0.6) is 5.75 Å². The number of hydrogen-bond acceptors (Lipinski definition) is 3. The molecule has 0 aliphatic heterocycles. The van der Waals surface area contributed by atoms with Crippen LogP contribution in [0.15, 0.2) is 70.7 Å². The fraction of sp³-hybridized carbons (Fsp3) is 0.0435. The normalized spacial score (nSPS) is 11.0. The Kier molecular flexibility index (Phi) is 8.00. The van der Waals surface area contributed by atoms with E-state index in [1.807, 2.05) is 6.07 Å². The van der Waals surface area contributed by atoms with Crippen LogP contribution in [-0.2, 0) is 11.4 Å². The summed E-state index contributed by atoms with van der Waals surface area (Å²) in [6, 6.07) is 19.1. The molecule has 0 radical (unpaired) electrons. The van der Waals surface area contributed by atoms with Crippen molar-refractivity contribution in [3.05, 3.63) is 96.9 Å². The van der Waals surface area contributed by atoms with Crippen LogP contribution in [0.4, 0.5) is 5.69 Å². The molecule has 4 nitrogen and oxygen atoms in total. The van der Waals surface area contributed by atoms with Crippen LogP contribution in [0, 0.1) is 11.3 Å². The Hall–Kier alpha value is -2.49. The molecule has 3 aromatic carbocycles. The number of nitrogens with one attached hydrogen (secondary N) is 1. The third kappa shape index (κ3) is 6.25. The molecule has 0 aliphatic rings. The highest BCUT2D eigenvalue weighted by Crippen LogP contribution is 2.29. The Morgan fingerprint density at radius 1 is 1.06 bits per heavy atom. The third-order valence-electron chi connectivity index (χ3n) is 4.16. The van der Waals surface area contributed by atoms with E-state index in [4.69, 9.17) is 39.5 Å². The van der Waals surface area contributed by atoms with E-state index >= 15 is 0 Å². The van der Waals surface area contributed by atoms with Crippen molar-refractivity contribution in [1.82, 2.24) is 0 Å². The van der Waals surface area contributed by atoms with Crippen molar-refractivity contribution in [1.29, 1.82) is 5.26 Å². The van der Waals surface area contributed by atoms with Gasteiger partial charge in [-0.15, -0.1) is 0 Å². The van der Waals surface area contributed by atoms with Gasteiger partial charge < -0.3 is 10.1 Å².